The Morgan fingerprint density at radius 2 is 2.27 bits per heavy atom. The molecule has 15 heavy (non-hydrogen) atoms. The second kappa shape index (κ2) is 5.42. The summed E-state index contributed by atoms with van der Waals surface area (Å²) in [5, 5.41) is 4.18. The van der Waals surface area contributed by atoms with Crippen LogP contribution in [0.4, 0.5) is 5.82 Å². The van der Waals surface area contributed by atoms with Crippen molar-refractivity contribution in [2.45, 2.75) is 13.0 Å². The van der Waals surface area contributed by atoms with E-state index in [4.69, 9.17) is 5.73 Å². The van der Waals surface area contributed by atoms with E-state index in [1.54, 1.807) is 0 Å². The first-order chi connectivity index (χ1) is 7.34. The van der Waals surface area contributed by atoms with Crippen molar-refractivity contribution in [3.8, 4) is 0 Å². The molecule has 1 aromatic heterocycles. The van der Waals surface area contributed by atoms with Crippen LogP contribution in [0.15, 0.2) is 12.3 Å². The van der Waals surface area contributed by atoms with Gasteiger partial charge in [0.1, 0.15) is 5.82 Å². The van der Waals surface area contributed by atoms with Crippen LogP contribution < -0.4 is 5.73 Å². The fourth-order valence-electron chi connectivity index (χ4n) is 1.77. The number of nitrogens with two attached hydrogens (primary N) is 1. The Bertz CT molecular complexity index is 291. The lowest BCUT2D eigenvalue weighted by atomic mass is 10.4. The maximum Gasteiger partial charge on any atom is 0.145 e. The lowest BCUT2D eigenvalue weighted by molar-refractivity contribution is 0.278. The van der Waals surface area contributed by atoms with E-state index < -0.39 is 0 Å². The molecule has 0 atom stereocenters. The summed E-state index contributed by atoms with van der Waals surface area (Å²) < 4.78 is 1.92. The van der Waals surface area contributed by atoms with Crippen LogP contribution in [0.3, 0.4) is 0 Å². The topological polar surface area (TPSA) is 47.1 Å². The second-order valence-electron chi connectivity index (χ2n) is 3.81. The lowest BCUT2D eigenvalue weighted by Crippen LogP contribution is -2.29. The van der Waals surface area contributed by atoms with E-state index in [0.29, 0.717) is 5.82 Å². The Labute approximate surface area is 94.8 Å². The normalized spacial score (nSPS) is 18.9. The Morgan fingerprint density at radius 3 is 3.07 bits per heavy atom. The molecule has 0 aromatic carbocycles. The highest BCUT2D eigenvalue weighted by atomic mass is 32.2. The maximum atomic E-state index is 5.56. The van der Waals surface area contributed by atoms with Gasteiger partial charge in [0.15, 0.2) is 0 Å². The van der Waals surface area contributed by atoms with Gasteiger partial charge in [0, 0.05) is 25.0 Å². The molecule has 1 saturated heterocycles. The molecule has 1 aliphatic rings. The summed E-state index contributed by atoms with van der Waals surface area (Å²) >= 11 is 2.06. The third kappa shape index (κ3) is 3.43. The van der Waals surface area contributed by atoms with Crippen molar-refractivity contribution in [2.75, 3.05) is 36.9 Å². The van der Waals surface area contributed by atoms with Crippen molar-refractivity contribution in [3.63, 3.8) is 0 Å². The smallest absolute Gasteiger partial charge is 0.145 e. The van der Waals surface area contributed by atoms with Crippen LogP contribution in [-0.2, 0) is 6.54 Å². The Hall–Kier alpha value is -0.680. The average Bonchev–Trinajstić information content (AvgIpc) is 2.52. The monoisotopic (exact) mass is 226 g/mol. The summed E-state index contributed by atoms with van der Waals surface area (Å²) in [4.78, 5) is 2.51. The molecular formula is C10H18N4S. The van der Waals surface area contributed by atoms with E-state index in [1.165, 1.54) is 31.0 Å². The number of thioether (sulfide) groups is 1. The van der Waals surface area contributed by atoms with Gasteiger partial charge in [-0.15, -0.1) is 0 Å². The summed E-state index contributed by atoms with van der Waals surface area (Å²) in [5.41, 5.74) is 5.56. The van der Waals surface area contributed by atoms with Crippen LogP contribution in [0.2, 0.25) is 0 Å². The standard InChI is InChI=1S/C10H18N4S/c11-10-2-4-14(12-10)6-5-13-3-1-8-15-9-7-13/h2,4H,1,3,5-9H2,(H2,11,12). The zero-order valence-electron chi connectivity index (χ0n) is 8.93. The molecule has 5 heteroatoms. The van der Waals surface area contributed by atoms with E-state index in [1.807, 2.05) is 16.9 Å². The molecule has 0 radical (unpaired) electrons. The van der Waals surface area contributed by atoms with Gasteiger partial charge in [-0.25, -0.2) is 0 Å². The summed E-state index contributed by atoms with van der Waals surface area (Å²) in [5.74, 6) is 3.19. The largest absolute Gasteiger partial charge is 0.382 e. The van der Waals surface area contributed by atoms with Crippen LogP contribution in [-0.4, -0.2) is 45.8 Å². The predicted octanol–water partition coefficient (Wildman–Crippen LogP) is 0.904. The minimum Gasteiger partial charge on any atom is -0.382 e. The Balaban J connectivity index is 1.76. The second-order valence-corrected chi connectivity index (χ2v) is 5.04. The minimum absolute atomic E-state index is 0.612. The zero-order valence-corrected chi connectivity index (χ0v) is 9.75. The molecular weight excluding hydrogens is 208 g/mol. The fraction of sp³-hybridized carbons (Fsp3) is 0.700. The fourth-order valence-corrected chi connectivity index (χ4v) is 2.69. The summed E-state index contributed by atoms with van der Waals surface area (Å²) in [6.07, 6.45) is 3.26. The molecule has 1 aliphatic heterocycles. The number of nitrogens with zero attached hydrogens (tertiary/aromatic N) is 3. The molecule has 2 N–H and O–H groups in total. The third-order valence-corrected chi connectivity index (χ3v) is 3.67. The van der Waals surface area contributed by atoms with Gasteiger partial charge < -0.3 is 10.6 Å². The SMILES string of the molecule is Nc1ccn(CCN2CCCSCC2)n1. The molecule has 1 fully saturated rings. The molecule has 0 amide bonds. The number of nitrogen functional groups attached to an aromatic ring is 1. The van der Waals surface area contributed by atoms with Crippen molar-refractivity contribution in [1.82, 2.24) is 14.7 Å². The predicted molar refractivity (Wildman–Crippen MR) is 65.0 cm³/mol. The molecule has 0 saturated carbocycles. The van der Waals surface area contributed by atoms with Crippen LogP contribution in [0.5, 0.6) is 0 Å². The van der Waals surface area contributed by atoms with Crippen molar-refractivity contribution >= 4 is 17.6 Å². The van der Waals surface area contributed by atoms with Gasteiger partial charge >= 0.3 is 0 Å². The zero-order chi connectivity index (χ0) is 10.5. The number of hydrogen-bond donors (Lipinski definition) is 1. The van der Waals surface area contributed by atoms with Gasteiger partial charge in [-0.2, -0.15) is 16.9 Å². The summed E-state index contributed by atoms with van der Waals surface area (Å²) in [7, 11) is 0. The van der Waals surface area contributed by atoms with Crippen LogP contribution in [0.25, 0.3) is 0 Å². The van der Waals surface area contributed by atoms with Crippen molar-refractivity contribution in [3.05, 3.63) is 12.3 Å². The van der Waals surface area contributed by atoms with E-state index in [2.05, 4.69) is 21.8 Å². The Morgan fingerprint density at radius 1 is 1.33 bits per heavy atom. The first-order valence-corrected chi connectivity index (χ1v) is 6.59. The van der Waals surface area contributed by atoms with Gasteiger partial charge in [0.25, 0.3) is 0 Å². The number of hydrogen-bond acceptors (Lipinski definition) is 4. The molecule has 2 rings (SSSR count). The van der Waals surface area contributed by atoms with Crippen molar-refractivity contribution in [2.24, 2.45) is 0 Å². The lowest BCUT2D eigenvalue weighted by Gasteiger charge is -2.18. The molecule has 0 aliphatic carbocycles. The van der Waals surface area contributed by atoms with Crippen molar-refractivity contribution < 1.29 is 0 Å². The number of anilines is 1. The van der Waals surface area contributed by atoms with Crippen LogP contribution in [0.1, 0.15) is 6.42 Å². The highest BCUT2D eigenvalue weighted by molar-refractivity contribution is 7.99. The third-order valence-electron chi connectivity index (χ3n) is 2.62. The molecule has 0 spiro atoms. The average molecular weight is 226 g/mol. The first-order valence-electron chi connectivity index (χ1n) is 5.43. The highest BCUT2D eigenvalue weighted by Gasteiger charge is 2.08. The van der Waals surface area contributed by atoms with Gasteiger partial charge in [-0.1, -0.05) is 0 Å². The highest BCUT2D eigenvalue weighted by Crippen LogP contribution is 2.09. The molecule has 84 valence electrons. The van der Waals surface area contributed by atoms with E-state index in [9.17, 15) is 0 Å². The quantitative estimate of drug-likeness (QED) is 0.832. The maximum absolute atomic E-state index is 5.56. The first kappa shape index (κ1) is 10.8. The van der Waals surface area contributed by atoms with Crippen molar-refractivity contribution in [1.29, 1.82) is 0 Å². The molecule has 2 heterocycles. The number of aromatic nitrogens is 2. The summed E-state index contributed by atoms with van der Waals surface area (Å²) in [6.45, 7) is 4.47. The van der Waals surface area contributed by atoms with E-state index >= 15 is 0 Å². The van der Waals surface area contributed by atoms with E-state index in [-0.39, 0.29) is 0 Å². The Kier molecular flexibility index (Phi) is 3.91. The molecule has 4 nitrogen and oxygen atoms in total. The molecule has 1 aromatic rings. The molecule has 0 bridgehead atoms. The van der Waals surface area contributed by atoms with Gasteiger partial charge in [-0.05, 0) is 24.8 Å². The number of rotatable bonds is 3. The minimum atomic E-state index is 0.612. The van der Waals surface area contributed by atoms with Gasteiger partial charge in [0.05, 0.1) is 6.54 Å². The summed E-state index contributed by atoms with van der Waals surface area (Å²) in [6, 6.07) is 1.85. The van der Waals surface area contributed by atoms with Gasteiger partial charge in [0.2, 0.25) is 0 Å². The van der Waals surface area contributed by atoms with Crippen LogP contribution >= 0.6 is 11.8 Å². The van der Waals surface area contributed by atoms with Gasteiger partial charge in [-0.3, -0.25) is 4.68 Å². The van der Waals surface area contributed by atoms with Crippen LogP contribution in [0, 0.1) is 0 Å². The molecule has 0 unspecified atom stereocenters. The van der Waals surface area contributed by atoms with E-state index in [0.717, 1.165) is 13.1 Å².